The number of hydrogen-bond acceptors (Lipinski definition) is 4. The molecule has 1 saturated heterocycles. The Hall–Kier alpha value is -1.17. The summed E-state index contributed by atoms with van der Waals surface area (Å²) >= 11 is 0. The van der Waals surface area contributed by atoms with Gasteiger partial charge in [0.15, 0.2) is 0 Å². The van der Waals surface area contributed by atoms with Gasteiger partial charge in [-0.3, -0.25) is 15.0 Å². The van der Waals surface area contributed by atoms with Gasteiger partial charge in [0, 0.05) is 25.2 Å². The SMILES string of the molecule is CC1(CN)CCN(Cc2cccc([N+](=O)[O-])c2)C1.Cl. The van der Waals surface area contributed by atoms with Crippen LogP contribution in [-0.2, 0) is 6.54 Å². The minimum Gasteiger partial charge on any atom is -0.330 e. The van der Waals surface area contributed by atoms with Gasteiger partial charge in [0.05, 0.1) is 4.92 Å². The second-order valence-electron chi connectivity index (χ2n) is 5.40. The summed E-state index contributed by atoms with van der Waals surface area (Å²) < 4.78 is 0. The van der Waals surface area contributed by atoms with Crippen LogP contribution in [0.25, 0.3) is 0 Å². The van der Waals surface area contributed by atoms with E-state index < -0.39 is 0 Å². The fraction of sp³-hybridized carbons (Fsp3) is 0.538. The fourth-order valence-corrected chi connectivity index (χ4v) is 2.45. The molecule has 0 radical (unpaired) electrons. The predicted molar refractivity (Wildman–Crippen MR) is 77.4 cm³/mol. The van der Waals surface area contributed by atoms with E-state index in [0.717, 1.165) is 31.6 Å². The van der Waals surface area contributed by atoms with E-state index in [1.165, 1.54) is 6.07 Å². The van der Waals surface area contributed by atoms with Gasteiger partial charge in [-0.25, -0.2) is 0 Å². The van der Waals surface area contributed by atoms with Crippen LogP contribution in [-0.4, -0.2) is 29.5 Å². The number of non-ortho nitro benzene ring substituents is 1. The van der Waals surface area contributed by atoms with E-state index in [4.69, 9.17) is 5.73 Å². The second-order valence-corrected chi connectivity index (χ2v) is 5.40. The Morgan fingerprint density at radius 3 is 2.84 bits per heavy atom. The third-order valence-corrected chi connectivity index (χ3v) is 3.66. The van der Waals surface area contributed by atoms with Gasteiger partial charge < -0.3 is 5.73 Å². The van der Waals surface area contributed by atoms with Crippen LogP contribution in [0.1, 0.15) is 18.9 Å². The van der Waals surface area contributed by atoms with Crippen molar-refractivity contribution in [3.63, 3.8) is 0 Å². The van der Waals surface area contributed by atoms with E-state index in [9.17, 15) is 10.1 Å². The number of halogens is 1. The topological polar surface area (TPSA) is 72.4 Å². The lowest BCUT2D eigenvalue weighted by atomic mass is 9.90. The van der Waals surface area contributed by atoms with Crippen molar-refractivity contribution in [3.8, 4) is 0 Å². The third-order valence-electron chi connectivity index (χ3n) is 3.66. The molecule has 0 bridgehead atoms. The van der Waals surface area contributed by atoms with Crippen LogP contribution in [0.15, 0.2) is 24.3 Å². The zero-order chi connectivity index (χ0) is 13.2. The highest BCUT2D eigenvalue weighted by molar-refractivity contribution is 5.85. The van der Waals surface area contributed by atoms with E-state index >= 15 is 0 Å². The van der Waals surface area contributed by atoms with Crippen molar-refractivity contribution in [2.24, 2.45) is 11.1 Å². The molecular formula is C13H20ClN3O2. The number of nitro groups is 1. The fourth-order valence-electron chi connectivity index (χ4n) is 2.45. The van der Waals surface area contributed by atoms with Crippen LogP contribution in [0.4, 0.5) is 5.69 Å². The van der Waals surface area contributed by atoms with E-state index in [2.05, 4.69) is 11.8 Å². The Morgan fingerprint density at radius 2 is 2.26 bits per heavy atom. The van der Waals surface area contributed by atoms with Crippen molar-refractivity contribution in [2.75, 3.05) is 19.6 Å². The molecule has 0 spiro atoms. The first-order chi connectivity index (χ1) is 8.52. The summed E-state index contributed by atoms with van der Waals surface area (Å²) in [5, 5.41) is 10.7. The van der Waals surface area contributed by atoms with E-state index in [1.807, 2.05) is 6.07 Å². The van der Waals surface area contributed by atoms with Gasteiger partial charge in [-0.1, -0.05) is 19.1 Å². The molecule has 0 saturated carbocycles. The molecule has 6 heteroatoms. The van der Waals surface area contributed by atoms with Gasteiger partial charge in [0.2, 0.25) is 0 Å². The summed E-state index contributed by atoms with van der Waals surface area (Å²) in [5.74, 6) is 0. The first-order valence-corrected chi connectivity index (χ1v) is 6.18. The number of benzene rings is 1. The van der Waals surface area contributed by atoms with Crippen molar-refractivity contribution >= 4 is 18.1 Å². The largest absolute Gasteiger partial charge is 0.330 e. The molecule has 2 rings (SSSR count). The molecule has 1 aliphatic rings. The van der Waals surface area contributed by atoms with Crippen LogP contribution in [0.5, 0.6) is 0 Å². The Labute approximate surface area is 119 Å². The zero-order valence-electron chi connectivity index (χ0n) is 11.0. The van der Waals surface area contributed by atoms with E-state index in [0.29, 0.717) is 6.54 Å². The van der Waals surface area contributed by atoms with Gasteiger partial charge in [-0.05, 0) is 30.5 Å². The molecule has 2 N–H and O–H groups in total. The molecule has 1 aromatic carbocycles. The number of rotatable bonds is 4. The predicted octanol–water partition coefficient (Wildman–Crippen LogP) is 2.19. The summed E-state index contributed by atoms with van der Waals surface area (Å²) in [7, 11) is 0. The molecule has 19 heavy (non-hydrogen) atoms. The summed E-state index contributed by atoms with van der Waals surface area (Å²) in [4.78, 5) is 12.7. The van der Waals surface area contributed by atoms with Crippen LogP contribution in [0.2, 0.25) is 0 Å². The number of likely N-dealkylation sites (tertiary alicyclic amines) is 1. The normalized spacial score (nSPS) is 23.1. The molecule has 1 fully saturated rings. The number of nitro benzene ring substituents is 1. The summed E-state index contributed by atoms with van der Waals surface area (Å²) in [6.07, 6.45) is 1.10. The first-order valence-electron chi connectivity index (χ1n) is 6.18. The van der Waals surface area contributed by atoms with Gasteiger partial charge in [0.1, 0.15) is 0 Å². The molecule has 1 unspecified atom stereocenters. The summed E-state index contributed by atoms with van der Waals surface area (Å²) in [6.45, 7) is 5.62. The van der Waals surface area contributed by atoms with Crippen molar-refractivity contribution in [1.29, 1.82) is 0 Å². The molecule has 1 heterocycles. The van der Waals surface area contributed by atoms with Crippen molar-refractivity contribution < 1.29 is 4.92 Å². The molecule has 1 aromatic rings. The van der Waals surface area contributed by atoms with Gasteiger partial charge >= 0.3 is 0 Å². The maximum absolute atomic E-state index is 10.7. The number of hydrogen-bond donors (Lipinski definition) is 1. The monoisotopic (exact) mass is 285 g/mol. The van der Waals surface area contributed by atoms with Crippen LogP contribution in [0.3, 0.4) is 0 Å². The van der Waals surface area contributed by atoms with Gasteiger partial charge in [-0.2, -0.15) is 0 Å². The molecule has 0 aromatic heterocycles. The molecule has 106 valence electrons. The van der Waals surface area contributed by atoms with Gasteiger partial charge in [0.25, 0.3) is 5.69 Å². The molecule has 1 aliphatic heterocycles. The first kappa shape index (κ1) is 15.9. The molecule has 5 nitrogen and oxygen atoms in total. The maximum atomic E-state index is 10.7. The minimum atomic E-state index is -0.350. The standard InChI is InChI=1S/C13H19N3O2.ClH/c1-13(9-14)5-6-15(10-13)8-11-3-2-4-12(7-11)16(17)18;/h2-4,7H,5-6,8-10,14H2,1H3;1H. The Kier molecular flexibility index (Phi) is 5.29. The molecule has 0 amide bonds. The van der Waals surface area contributed by atoms with Crippen molar-refractivity contribution in [3.05, 3.63) is 39.9 Å². The lowest BCUT2D eigenvalue weighted by Crippen LogP contribution is -2.31. The maximum Gasteiger partial charge on any atom is 0.269 e. The molecule has 0 aliphatic carbocycles. The highest BCUT2D eigenvalue weighted by Crippen LogP contribution is 2.29. The van der Waals surface area contributed by atoms with Crippen LogP contribution < -0.4 is 5.73 Å². The highest BCUT2D eigenvalue weighted by atomic mass is 35.5. The van der Waals surface area contributed by atoms with E-state index in [1.54, 1.807) is 12.1 Å². The Morgan fingerprint density at radius 1 is 1.53 bits per heavy atom. The average molecular weight is 286 g/mol. The van der Waals surface area contributed by atoms with Crippen LogP contribution >= 0.6 is 12.4 Å². The summed E-state index contributed by atoms with van der Waals surface area (Å²) in [5.41, 5.74) is 7.12. The van der Waals surface area contributed by atoms with Crippen LogP contribution in [0, 0.1) is 15.5 Å². The highest BCUT2D eigenvalue weighted by Gasteiger charge is 2.32. The summed E-state index contributed by atoms with van der Waals surface area (Å²) in [6, 6.07) is 6.85. The second kappa shape index (κ2) is 6.32. The average Bonchev–Trinajstić information content (AvgIpc) is 2.72. The molecule has 1 atom stereocenters. The third kappa shape index (κ3) is 3.89. The Balaban J connectivity index is 0.00000180. The Bertz CT molecular complexity index is 455. The minimum absolute atomic E-state index is 0. The zero-order valence-corrected chi connectivity index (χ0v) is 11.9. The lowest BCUT2D eigenvalue weighted by molar-refractivity contribution is -0.384. The smallest absolute Gasteiger partial charge is 0.269 e. The van der Waals surface area contributed by atoms with Gasteiger partial charge in [-0.15, -0.1) is 12.4 Å². The lowest BCUT2D eigenvalue weighted by Gasteiger charge is -2.22. The van der Waals surface area contributed by atoms with E-state index in [-0.39, 0.29) is 28.4 Å². The number of nitrogens with two attached hydrogens (primary N) is 1. The quantitative estimate of drug-likeness (QED) is 0.680. The van der Waals surface area contributed by atoms with Crippen molar-refractivity contribution in [1.82, 2.24) is 4.90 Å². The van der Waals surface area contributed by atoms with Crippen molar-refractivity contribution in [2.45, 2.75) is 19.9 Å². The molecular weight excluding hydrogens is 266 g/mol. The number of nitrogens with zero attached hydrogens (tertiary/aromatic N) is 2.